The Morgan fingerprint density at radius 1 is 1.21 bits per heavy atom. The highest BCUT2D eigenvalue weighted by atomic mass is 16.7. The number of benzene rings is 1. The Labute approximate surface area is 169 Å². The molecule has 0 aliphatic carbocycles. The van der Waals surface area contributed by atoms with Crippen molar-refractivity contribution in [1.82, 2.24) is 20.6 Å². The Bertz CT molecular complexity index is 948. The van der Waals surface area contributed by atoms with Crippen molar-refractivity contribution >= 4 is 11.7 Å². The number of carbonyl (C=O) groups is 1. The number of rotatable bonds is 4. The van der Waals surface area contributed by atoms with Crippen LogP contribution in [0.15, 0.2) is 18.2 Å². The van der Waals surface area contributed by atoms with E-state index in [9.17, 15) is 4.79 Å². The fourth-order valence-electron chi connectivity index (χ4n) is 4.19. The summed E-state index contributed by atoms with van der Waals surface area (Å²) < 4.78 is 10.9. The third kappa shape index (κ3) is 3.48. The van der Waals surface area contributed by atoms with Gasteiger partial charge in [-0.15, -0.1) is 0 Å². The molecular weight excluding hydrogens is 370 g/mol. The van der Waals surface area contributed by atoms with Crippen LogP contribution in [0.1, 0.15) is 40.8 Å². The van der Waals surface area contributed by atoms with Gasteiger partial charge in [-0.05, 0) is 30.5 Å². The van der Waals surface area contributed by atoms with E-state index in [0.717, 1.165) is 60.9 Å². The van der Waals surface area contributed by atoms with Crippen molar-refractivity contribution < 1.29 is 14.3 Å². The zero-order valence-electron chi connectivity index (χ0n) is 16.5. The zero-order valence-corrected chi connectivity index (χ0v) is 16.5. The summed E-state index contributed by atoms with van der Waals surface area (Å²) in [5.74, 6) is 2.96. The second-order valence-electron chi connectivity index (χ2n) is 7.67. The molecule has 1 unspecified atom stereocenters. The van der Waals surface area contributed by atoms with E-state index in [4.69, 9.17) is 14.5 Å². The number of aromatic nitrogens is 2. The summed E-state index contributed by atoms with van der Waals surface area (Å²) in [5.41, 5.74) is 2.52. The summed E-state index contributed by atoms with van der Waals surface area (Å²) >= 11 is 0. The summed E-state index contributed by atoms with van der Waals surface area (Å²) in [6.45, 7) is 5.76. The molecule has 0 bridgehead atoms. The summed E-state index contributed by atoms with van der Waals surface area (Å²) in [4.78, 5) is 24.4. The van der Waals surface area contributed by atoms with Gasteiger partial charge in [-0.1, -0.05) is 13.0 Å². The molecule has 3 aliphatic heterocycles. The lowest BCUT2D eigenvalue weighted by Crippen LogP contribution is -2.51. The molecule has 1 saturated heterocycles. The number of amides is 1. The third-order valence-corrected chi connectivity index (χ3v) is 5.75. The van der Waals surface area contributed by atoms with Crippen molar-refractivity contribution in [1.29, 1.82) is 0 Å². The highest BCUT2D eigenvalue weighted by molar-refractivity contribution is 5.96. The second-order valence-corrected chi connectivity index (χ2v) is 7.67. The highest BCUT2D eigenvalue weighted by Crippen LogP contribution is 2.33. The Kier molecular flexibility index (Phi) is 4.71. The van der Waals surface area contributed by atoms with Gasteiger partial charge in [0.1, 0.15) is 17.3 Å². The third-order valence-electron chi connectivity index (χ3n) is 5.75. The molecule has 1 aromatic heterocycles. The lowest BCUT2D eigenvalue weighted by molar-refractivity contribution is 0.0940. The van der Waals surface area contributed by atoms with Gasteiger partial charge in [0.25, 0.3) is 5.91 Å². The van der Waals surface area contributed by atoms with Gasteiger partial charge in [0, 0.05) is 44.2 Å². The van der Waals surface area contributed by atoms with Crippen LogP contribution in [-0.4, -0.2) is 54.9 Å². The number of carbonyl (C=O) groups excluding carboxylic acids is 1. The molecule has 1 aromatic carbocycles. The maximum absolute atomic E-state index is 12.5. The maximum Gasteiger partial charge on any atom is 0.270 e. The number of anilines is 1. The Balaban J connectivity index is 1.50. The molecule has 8 heteroatoms. The van der Waals surface area contributed by atoms with Crippen molar-refractivity contribution in [2.45, 2.75) is 32.2 Å². The first-order valence-electron chi connectivity index (χ1n) is 10.3. The van der Waals surface area contributed by atoms with Crippen LogP contribution in [-0.2, 0) is 12.8 Å². The highest BCUT2D eigenvalue weighted by Gasteiger charge is 2.28. The maximum atomic E-state index is 12.5. The minimum atomic E-state index is -0.107. The van der Waals surface area contributed by atoms with Crippen molar-refractivity contribution in [3.8, 4) is 11.5 Å². The Morgan fingerprint density at radius 2 is 2.10 bits per heavy atom. The fourth-order valence-corrected chi connectivity index (χ4v) is 4.19. The van der Waals surface area contributed by atoms with Crippen molar-refractivity contribution in [2.24, 2.45) is 0 Å². The Morgan fingerprint density at radius 3 is 3.00 bits per heavy atom. The molecular formula is C21H25N5O3. The van der Waals surface area contributed by atoms with Crippen LogP contribution in [0.4, 0.5) is 5.82 Å². The van der Waals surface area contributed by atoms with Gasteiger partial charge in [0.05, 0.1) is 0 Å². The van der Waals surface area contributed by atoms with Crippen LogP contribution < -0.4 is 25.0 Å². The van der Waals surface area contributed by atoms with Gasteiger partial charge in [0.15, 0.2) is 11.5 Å². The normalized spacial score (nSPS) is 20.4. The number of hydrogen-bond donors (Lipinski definition) is 2. The first-order valence-corrected chi connectivity index (χ1v) is 10.3. The van der Waals surface area contributed by atoms with Gasteiger partial charge in [0.2, 0.25) is 6.79 Å². The van der Waals surface area contributed by atoms with Gasteiger partial charge in [-0.2, -0.15) is 0 Å². The van der Waals surface area contributed by atoms with Crippen LogP contribution in [0.5, 0.6) is 11.5 Å². The zero-order chi connectivity index (χ0) is 19.8. The van der Waals surface area contributed by atoms with Crippen LogP contribution >= 0.6 is 0 Å². The second kappa shape index (κ2) is 7.51. The number of nitrogens with one attached hydrogen (secondary N) is 2. The summed E-state index contributed by atoms with van der Waals surface area (Å²) in [5, 5.41) is 6.46. The monoisotopic (exact) mass is 395 g/mol. The first-order chi connectivity index (χ1) is 14.2. The minimum absolute atomic E-state index is 0.107. The molecule has 0 saturated carbocycles. The molecule has 5 rings (SSSR count). The predicted molar refractivity (Wildman–Crippen MR) is 108 cm³/mol. The summed E-state index contributed by atoms with van der Waals surface area (Å²) in [6.07, 6.45) is 2.36. The number of ether oxygens (including phenoxy) is 2. The van der Waals surface area contributed by atoms with Gasteiger partial charge in [-0.25, -0.2) is 9.97 Å². The smallest absolute Gasteiger partial charge is 0.270 e. The van der Waals surface area contributed by atoms with E-state index in [1.807, 2.05) is 18.2 Å². The largest absolute Gasteiger partial charge is 0.454 e. The van der Waals surface area contributed by atoms with Crippen LogP contribution in [0.2, 0.25) is 0 Å². The van der Waals surface area contributed by atoms with E-state index in [2.05, 4.69) is 27.4 Å². The molecule has 1 amide bonds. The number of nitrogens with zero attached hydrogens (tertiary/aromatic N) is 3. The fraction of sp³-hybridized carbons (Fsp3) is 0.476. The average Bonchev–Trinajstić information content (AvgIpc) is 3.22. The van der Waals surface area contributed by atoms with E-state index >= 15 is 0 Å². The molecule has 1 atom stereocenters. The lowest BCUT2D eigenvalue weighted by Gasteiger charge is -2.36. The van der Waals surface area contributed by atoms with Gasteiger partial charge < -0.3 is 25.0 Å². The molecule has 0 radical (unpaired) electrons. The predicted octanol–water partition coefficient (Wildman–Crippen LogP) is 1.27. The molecule has 2 aromatic rings. The molecule has 8 nitrogen and oxygen atoms in total. The van der Waals surface area contributed by atoms with E-state index in [0.29, 0.717) is 30.5 Å². The topological polar surface area (TPSA) is 88.6 Å². The standard InChI is InChI=1S/C21H25N5O3/c1-2-14-11-26(8-7-22-14)20-15-5-6-23-21(27)19(15)24-18(25-20)10-13-3-4-16-17(9-13)29-12-28-16/h3-4,9,14,22H,2,5-8,10-12H2,1H3,(H,23,27). The van der Waals surface area contributed by atoms with Crippen molar-refractivity contribution in [2.75, 3.05) is 37.9 Å². The molecule has 1 fully saturated rings. The number of piperazine rings is 1. The number of fused-ring (bicyclic) bond motifs is 2. The minimum Gasteiger partial charge on any atom is -0.454 e. The lowest BCUT2D eigenvalue weighted by atomic mass is 10.0. The van der Waals surface area contributed by atoms with Gasteiger partial charge in [-0.3, -0.25) is 4.79 Å². The van der Waals surface area contributed by atoms with Crippen molar-refractivity contribution in [3.63, 3.8) is 0 Å². The molecule has 152 valence electrons. The van der Waals surface area contributed by atoms with E-state index in [1.165, 1.54) is 0 Å². The number of hydrogen-bond acceptors (Lipinski definition) is 7. The van der Waals surface area contributed by atoms with Crippen LogP contribution in [0.25, 0.3) is 0 Å². The first kappa shape index (κ1) is 18.2. The summed E-state index contributed by atoms with van der Waals surface area (Å²) in [6, 6.07) is 6.30. The molecule has 0 spiro atoms. The Hall–Kier alpha value is -2.87. The average molecular weight is 395 g/mol. The SMILES string of the molecule is CCC1CN(c2nc(Cc3ccc4c(c3)OCO4)nc3c2CCNC3=O)CCN1. The van der Waals surface area contributed by atoms with E-state index < -0.39 is 0 Å². The van der Waals surface area contributed by atoms with Crippen LogP contribution in [0.3, 0.4) is 0 Å². The van der Waals surface area contributed by atoms with Gasteiger partial charge >= 0.3 is 0 Å². The van der Waals surface area contributed by atoms with Crippen molar-refractivity contribution in [3.05, 3.63) is 40.8 Å². The molecule has 29 heavy (non-hydrogen) atoms. The molecule has 3 aliphatic rings. The summed E-state index contributed by atoms with van der Waals surface area (Å²) in [7, 11) is 0. The van der Waals surface area contributed by atoms with E-state index in [1.54, 1.807) is 0 Å². The van der Waals surface area contributed by atoms with E-state index in [-0.39, 0.29) is 12.7 Å². The quantitative estimate of drug-likeness (QED) is 0.806. The molecule has 2 N–H and O–H groups in total. The molecule has 4 heterocycles. The van der Waals surface area contributed by atoms with Crippen LogP contribution in [0, 0.1) is 0 Å².